The van der Waals surface area contributed by atoms with Crippen LogP contribution in [0.2, 0.25) is 5.02 Å². The summed E-state index contributed by atoms with van der Waals surface area (Å²) >= 11 is 7.29. The van der Waals surface area contributed by atoms with Crippen molar-refractivity contribution in [1.29, 1.82) is 0 Å². The fourth-order valence-corrected chi connectivity index (χ4v) is 4.24. The number of benzene rings is 2. The quantitative estimate of drug-likeness (QED) is 0.573. The monoisotopic (exact) mass is 390 g/mol. The van der Waals surface area contributed by atoms with Gasteiger partial charge in [0.2, 0.25) is 4.96 Å². The van der Waals surface area contributed by atoms with Crippen LogP contribution in [-0.2, 0) is 10.0 Å². The number of sulfonamides is 1. The maximum absolute atomic E-state index is 12.4. The Bertz CT molecular complexity index is 1140. The van der Waals surface area contributed by atoms with Crippen molar-refractivity contribution in [3.8, 4) is 11.3 Å². The van der Waals surface area contributed by atoms with Gasteiger partial charge in [-0.3, -0.25) is 0 Å². The molecule has 0 fully saturated rings. The molecule has 2 heterocycles. The predicted molar refractivity (Wildman–Crippen MR) is 98.6 cm³/mol. The van der Waals surface area contributed by atoms with Crippen molar-refractivity contribution in [2.24, 2.45) is 0 Å². The highest BCUT2D eigenvalue weighted by atomic mass is 35.5. The average Bonchev–Trinajstić information content (AvgIpc) is 3.16. The molecular formula is C16H11ClN4O2S2. The number of hydrogen-bond acceptors (Lipinski definition) is 5. The molecule has 0 amide bonds. The molecule has 0 saturated carbocycles. The van der Waals surface area contributed by atoms with Crippen LogP contribution in [0.1, 0.15) is 0 Å². The van der Waals surface area contributed by atoms with Gasteiger partial charge in [-0.05, 0) is 24.3 Å². The van der Waals surface area contributed by atoms with Crippen LogP contribution in [0.25, 0.3) is 16.2 Å². The number of anilines is 1. The van der Waals surface area contributed by atoms with Gasteiger partial charge >= 0.3 is 0 Å². The van der Waals surface area contributed by atoms with Crippen molar-refractivity contribution in [2.75, 3.05) is 4.72 Å². The van der Waals surface area contributed by atoms with E-state index in [1.54, 1.807) is 34.8 Å². The van der Waals surface area contributed by atoms with Gasteiger partial charge in [0.15, 0.2) is 0 Å². The van der Waals surface area contributed by atoms with Gasteiger partial charge in [-0.15, -0.1) is 16.4 Å². The van der Waals surface area contributed by atoms with Gasteiger partial charge in [-0.1, -0.05) is 41.9 Å². The Morgan fingerprint density at radius 2 is 1.76 bits per heavy atom. The standard InChI is InChI=1S/C16H11ClN4O2S2/c17-12-8-6-11(7-9-12)14-10-24-16-18-15(19-21(14)16)20-25(22,23)13-4-2-1-3-5-13/h1-10H,(H,19,20). The van der Waals surface area contributed by atoms with Crippen LogP contribution < -0.4 is 4.72 Å². The number of hydrogen-bond donors (Lipinski definition) is 1. The third kappa shape index (κ3) is 3.11. The SMILES string of the molecule is O=S(=O)(Nc1nc2scc(-c3ccc(Cl)cc3)n2n1)c1ccccc1. The molecule has 4 rings (SSSR count). The van der Waals surface area contributed by atoms with E-state index in [4.69, 9.17) is 11.6 Å². The minimum absolute atomic E-state index is 0.0333. The van der Waals surface area contributed by atoms with Gasteiger partial charge in [0, 0.05) is 16.0 Å². The molecule has 6 nitrogen and oxygen atoms in total. The third-order valence-electron chi connectivity index (χ3n) is 3.50. The second-order valence-electron chi connectivity index (χ2n) is 5.18. The molecule has 0 spiro atoms. The van der Waals surface area contributed by atoms with E-state index in [2.05, 4.69) is 14.8 Å². The molecule has 0 bridgehead atoms. The van der Waals surface area contributed by atoms with E-state index >= 15 is 0 Å². The summed E-state index contributed by atoms with van der Waals surface area (Å²) in [5, 5.41) is 6.83. The van der Waals surface area contributed by atoms with Crippen molar-refractivity contribution < 1.29 is 8.42 Å². The Balaban J connectivity index is 1.70. The predicted octanol–water partition coefficient (Wildman–Crippen LogP) is 3.91. The van der Waals surface area contributed by atoms with Crippen LogP contribution in [0, 0.1) is 0 Å². The maximum Gasteiger partial charge on any atom is 0.264 e. The van der Waals surface area contributed by atoms with Crippen LogP contribution >= 0.6 is 22.9 Å². The molecule has 4 aromatic rings. The minimum atomic E-state index is -3.72. The van der Waals surface area contributed by atoms with E-state index in [-0.39, 0.29) is 10.8 Å². The summed E-state index contributed by atoms with van der Waals surface area (Å²) in [4.78, 5) is 4.99. The van der Waals surface area contributed by atoms with E-state index in [1.165, 1.54) is 23.5 Å². The first-order chi connectivity index (χ1) is 12.0. The molecule has 25 heavy (non-hydrogen) atoms. The largest absolute Gasteiger partial charge is 0.264 e. The highest BCUT2D eigenvalue weighted by Gasteiger charge is 2.18. The normalized spacial score (nSPS) is 11.7. The molecule has 2 aromatic carbocycles. The summed E-state index contributed by atoms with van der Waals surface area (Å²) in [6.07, 6.45) is 0. The lowest BCUT2D eigenvalue weighted by Gasteiger charge is -2.03. The lowest BCUT2D eigenvalue weighted by molar-refractivity contribution is 0.601. The van der Waals surface area contributed by atoms with Crippen LogP contribution in [0.5, 0.6) is 0 Å². The molecular weight excluding hydrogens is 380 g/mol. The molecule has 0 aliphatic heterocycles. The third-order valence-corrected chi connectivity index (χ3v) is 5.91. The highest BCUT2D eigenvalue weighted by Crippen LogP contribution is 2.27. The summed E-state index contributed by atoms with van der Waals surface area (Å²) in [5.41, 5.74) is 1.73. The molecule has 126 valence electrons. The van der Waals surface area contributed by atoms with Gasteiger partial charge in [0.25, 0.3) is 16.0 Å². The molecule has 0 radical (unpaired) electrons. The van der Waals surface area contributed by atoms with Crippen molar-refractivity contribution in [3.63, 3.8) is 0 Å². The Morgan fingerprint density at radius 3 is 2.48 bits per heavy atom. The van der Waals surface area contributed by atoms with Gasteiger partial charge in [0.1, 0.15) is 0 Å². The van der Waals surface area contributed by atoms with Crippen LogP contribution in [0.4, 0.5) is 5.95 Å². The molecule has 2 aromatic heterocycles. The van der Waals surface area contributed by atoms with Gasteiger partial charge in [-0.25, -0.2) is 17.7 Å². The summed E-state index contributed by atoms with van der Waals surface area (Å²) in [7, 11) is -3.72. The fraction of sp³-hybridized carbons (Fsp3) is 0. The number of rotatable bonds is 4. The molecule has 0 unspecified atom stereocenters. The fourth-order valence-electron chi connectivity index (χ4n) is 2.32. The van der Waals surface area contributed by atoms with E-state index in [1.807, 2.05) is 17.5 Å². The lowest BCUT2D eigenvalue weighted by atomic mass is 10.2. The molecule has 0 aliphatic rings. The average molecular weight is 391 g/mol. The number of halogens is 1. The summed E-state index contributed by atoms with van der Waals surface area (Å²) < 4.78 is 28.8. The van der Waals surface area contributed by atoms with E-state index < -0.39 is 10.0 Å². The Labute approximate surface area is 152 Å². The number of aromatic nitrogens is 3. The zero-order valence-corrected chi connectivity index (χ0v) is 15.0. The Morgan fingerprint density at radius 1 is 1.04 bits per heavy atom. The number of fused-ring (bicyclic) bond motifs is 1. The van der Waals surface area contributed by atoms with E-state index in [0.29, 0.717) is 9.98 Å². The topological polar surface area (TPSA) is 76.4 Å². The maximum atomic E-state index is 12.4. The van der Waals surface area contributed by atoms with Crippen molar-refractivity contribution in [1.82, 2.24) is 14.6 Å². The molecule has 0 aliphatic carbocycles. The molecule has 0 atom stereocenters. The van der Waals surface area contributed by atoms with Crippen molar-refractivity contribution in [3.05, 3.63) is 65.0 Å². The van der Waals surface area contributed by atoms with Crippen LogP contribution in [0.15, 0.2) is 64.9 Å². The lowest BCUT2D eigenvalue weighted by Crippen LogP contribution is -2.14. The van der Waals surface area contributed by atoms with Gasteiger partial charge in [-0.2, -0.15) is 4.98 Å². The molecule has 1 N–H and O–H groups in total. The Hall–Kier alpha value is -2.42. The minimum Gasteiger partial charge on any atom is -0.246 e. The van der Waals surface area contributed by atoms with E-state index in [0.717, 1.165) is 11.3 Å². The molecule has 9 heteroatoms. The molecule has 0 saturated heterocycles. The number of nitrogens with zero attached hydrogens (tertiary/aromatic N) is 3. The second-order valence-corrected chi connectivity index (χ2v) is 8.13. The zero-order chi connectivity index (χ0) is 17.4. The number of nitrogens with one attached hydrogen (secondary N) is 1. The van der Waals surface area contributed by atoms with Crippen LogP contribution in [0.3, 0.4) is 0 Å². The van der Waals surface area contributed by atoms with Crippen molar-refractivity contribution >= 4 is 43.9 Å². The highest BCUT2D eigenvalue weighted by molar-refractivity contribution is 7.92. The van der Waals surface area contributed by atoms with E-state index in [9.17, 15) is 8.42 Å². The summed E-state index contributed by atoms with van der Waals surface area (Å²) in [6, 6.07) is 15.4. The zero-order valence-electron chi connectivity index (χ0n) is 12.6. The summed E-state index contributed by atoms with van der Waals surface area (Å²) in [6.45, 7) is 0. The summed E-state index contributed by atoms with van der Waals surface area (Å²) in [5.74, 6) is 0.0333. The number of thiazole rings is 1. The first-order valence-electron chi connectivity index (χ1n) is 7.21. The second kappa shape index (κ2) is 6.14. The van der Waals surface area contributed by atoms with Gasteiger partial charge < -0.3 is 0 Å². The van der Waals surface area contributed by atoms with Gasteiger partial charge in [0.05, 0.1) is 10.6 Å². The first kappa shape index (κ1) is 16.1. The Kier molecular flexibility index (Phi) is 3.95. The first-order valence-corrected chi connectivity index (χ1v) is 9.95. The van der Waals surface area contributed by atoms with Crippen LogP contribution in [-0.4, -0.2) is 23.0 Å². The van der Waals surface area contributed by atoms with Crippen molar-refractivity contribution in [2.45, 2.75) is 4.90 Å². The smallest absolute Gasteiger partial charge is 0.246 e.